The molecule has 3 unspecified atom stereocenters. The van der Waals surface area contributed by atoms with E-state index in [1.165, 1.54) is 12.8 Å². The van der Waals surface area contributed by atoms with E-state index in [0.29, 0.717) is 5.92 Å². The molecule has 3 heteroatoms. The highest BCUT2D eigenvalue weighted by molar-refractivity contribution is 4.88. The molecule has 2 rings (SSSR count). The maximum Gasteiger partial charge on any atom is 0.0645 e. The lowest BCUT2D eigenvalue weighted by Crippen LogP contribution is -2.55. The van der Waals surface area contributed by atoms with Crippen molar-refractivity contribution in [3.8, 4) is 0 Å². The van der Waals surface area contributed by atoms with Crippen LogP contribution in [0.4, 0.5) is 0 Å². The fraction of sp³-hybridized carbons (Fsp3) is 1.00. The summed E-state index contributed by atoms with van der Waals surface area (Å²) in [5, 5.41) is 10.1. The van der Waals surface area contributed by atoms with Crippen molar-refractivity contribution >= 4 is 0 Å². The van der Waals surface area contributed by atoms with Crippen LogP contribution in [0.2, 0.25) is 0 Å². The first kappa shape index (κ1) is 13.3. The molecule has 2 fully saturated rings. The van der Waals surface area contributed by atoms with Crippen LogP contribution < -0.4 is 0 Å². The molecule has 1 N–H and O–H groups in total. The molecule has 0 bridgehead atoms. The van der Waals surface area contributed by atoms with Gasteiger partial charge in [-0.05, 0) is 44.9 Å². The van der Waals surface area contributed by atoms with Gasteiger partial charge in [-0.15, -0.1) is 0 Å². The lowest BCUT2D eigenvalue weighted by molar-refractivity contribution is -0.0725. The summed E-state index contributed by atoms with van der Waals surface area (Å²) in [6.07, 6.45) is 3.25. The minimum absolute atomic E-state index is 0.0927. The first-order valence-electron chi connectivity index (χ1n) is 7.00. The van der Waals surface area contributed by atoms with Gasteiger partial charge in [-0.2, -0.15) is 0 Å². The molecule has 1 aliphatic carbocycles. The Hall–Kier alpha value is -0.120. The Morgan fingerprint density at radius 2 is 2.12 bits per heavy atom. The highest BCUT2D eigenvalue weighted by atomic mass is 16.5. The number of rotatable bonds is 2. The molecular weight excluding hydrogens is 214 g/mol. The normalized spacial score (nSPS) is 39.2. The average Bonchev–Trinajstić information content (AvgIpc) is 2.26. The zero-order chi connectivity index (χ0) is 12.5. The average molecular weight is 241 g/mol. The van der Waals surface area contributed by atoms with E-state index < -0.39 is 0 Å². The summed E-state index contributed by atoms with van der Waals surface area (Å²) in [6, 6.07) is 0. The van der Waals surface area contributed by atoms with E-state index in [9.17, 15) is 5.11 Å². The van der Waals surface area contributed by atoms with Crippen LogP contribution in [-0.2, 0) is 4.74 Å². The number of aliphatic hydroxyl groups is 1. The summed E-state index contributed by atoms with van der Waals surface area (Å²) in [7, 11) is 0. The quantitative estimate of drug-likeness (QED) is 0.801. The molecule has 1 aliphatic heterocycles. The summed E-state index contributed by atoms with van der Waals surface area (Å²) in [6.45, 7) is 10.5. The van der Waals surface area contributed by atoms with Crippen molar-refractivity contribution in [2.75, 3.05) is 26.3 Å². The van der Waals surface area contributed by atoms with E-state index >= 15 is 0 Å². The van der Waals surface area contributed by atoms with Crippen molar-refractivity contribution in [3.63, 3.8) is 0 Å². The maximum atomic E-state index is 10.1. The number of nitrogens with zero attached hydrogens (tertiary/aromatic N) is 1. The topological polar surface area (TPSA) is 32.7 Å². The molecule has 3 nitrogen and oxygen atoms in total. The summed E-state index contributed by atoms with van der Waals surface area (Å²) >= 11 is 0. The Balaban J connectivity index is 1.94. The van der Waals surface area contributed by atoms with Gasteiger partial charge in [0, 0.05) is 18.6 Å². The smallest absolute Gasteiger partial charge is 0.0645 e. The molecule has 0 amide bonds. The zero-order valence-corrected chi connectivity index (χ0v) is 11.5. The van der Waals surface area contributed by atoms with Crippen LogP contribution >= 0.6 is 0 Å². The third-order valence-electron chi connectivity index (χ3n) is 4.48. The molecule has 100 valence electrons. The number of hydrogen-bond acceptors (Lipinski definition) is 3. The Kier molecular flexibility index (Phi) is 4.11. The number of morpholine rings is 1. The van der Waals surface area contributed by atoms with E-state index in [-0.39, 0.29) is 11.6 Å². The second kappa shape index (κ2) is 5.25. The molecule has 3 atom stereocenters. The maximum absolute atomic E-state index is 10.1. The van der Waals surface area contributed by atoms with Crippen molar-refractivity contribution in [2.24, 2.45) is 11.8 Å². The van der Waals surface area contributed by atoms with Gasteiger partial charge in [0.25, 0.3) is 0 Å². The van der Waals surface area contributed by atoms with Gasteiger partial charge in [0.1, 0.15) is 0 Å². The lowest BCUT2D eigenvalue weighted by Gasteiger charge is -2.45. The highest BCUT2D eigenvalue weighted by Crippen LogP contribution is 2.31. The van der Waals surface area contributed by atoms with Crippen molar-refractivity contribution in [1.29, 1.82) is 0 Å². The molecule has 1 heterocycles. The predicted octanol–water partition coefficient (Wildman–Crippen LogP) is 1.89. The van der Waals surface area contributed by atoms with Crippen LogP contribution in [0.3, 0.4) is 0 Å². The van der Waals surface area contributed by atoms with Crippen LogP contribution in [0.25, 0.3) is 0 Å². The van der Waals surface area contributed by atoms with E-state index in [2.05, 4.69) is 25.7 Å². The van der Waals surface area contributed by atoms with Gasteiger partial charge in [-0.3, -0.25) is 4.90 Å². The van der Waals surface area contributed by atoms with Gasteiger partial charge in [0.05, 0.1) is 19.3 Å². The number of ether oxygens (including phenoxy) is 1. The van der Waals surface area contributed by atoms with E-state index in [1.54, 1.807) is 0 Å². The fourth-order valence-electron chi connectivity index (χ4n) is 3.19. The largest absolute Gasteiger partial charge is 0.393 e. The van der Waals surface area contributed by atoms with Gasteiger partial charge in [0.2, 0.25) is 0 Å². The van der Waals surface area contributed by atoms with Crippen LogP contribution in [0.15, 0.2) is 0 Å². The van der Waals surface area contributed by atoms with Gasteiger partial charge in [-0.1, -0.05) is 6.92 Å². The van der Waals surface area contributed by atoms with Crippen molar-refractivity contribution in [3.05, 3.63) is 0 Å². The zero-order valence-electron chi connectivity index (χ0n) is 11.5. The van der Waals surface area contributed by atoms with Crippen LogP contribution in [0.5, 0.6) is 0 Å². The molecule has 0 aromatic carbocycles. The first-order chi connectivity index (χ1) is 7.99. The molecule has 0 spiro atoms. The first-order valence-corrected chi connectivity index (χ1v) is 7.00. The Bertz CT molecular complexity index is 255. The van der Waals surface area contributed by atoms with Gasteiger partial charge in [0.15, 0.2) is 0 Å². The fourth-order valence-corrected chi connectivity index (χ4v) is 3.19. The van der Waals surface area contributed by atoms with Crippen molar-refractivity contribution < 1.29 is 9.84 Å². The second-order valence-corrected chi connectivity index (χ2v) is 6.56. The Morgan fingerprint density at radius 3 is 2.82 bits per heavy atom. The SMILES string of the molecule is CC1CCC(O)C(CN2CCOCC2(C)C)C1. The van der Waals surface area contributed by atoms with Crippen molar-refractivity contribution in [2.45, 2.75) is 51.7 Å². The summed E-state index contributed by atoms with van der Waals surface area (Å²) in [5.41, 5.74) is 0.124. The van der Waals surface area contributed by atoms with Crippen LogP contribution in [0.1, 0.15) is 40.0 Å². The molecule has 1 saturated heterocycles. The molecular formula is C14H27NO2. The van der Waals surface area contributed by atoms with Gasteiger partial charge >= 0.3 is 0 Å². The molecule has 1 saturated carbocycles. The monoisotopic (exact) mass is 241 g/mol. The summed E-state index contributed by atoms with van der Waals surface area (Å²) in [5.74, 6) is 1.23. The van der Waals surface area contributed by atoms with Crippen molar-refractivity contribution in [1.82, 2.24) is 4.90 Å². The highest BCUT2D eigenvalue weighted by Gasteiger charge is 2.35. The molecule has 2 aliphatic rings. The molecule has 0 radical (unpaired) electrons. The minimum Gasteiger partial charge on any atom is -0.393 e. The van der Waals surface area contributed by atoms with Gasteiger partial charge in [-0.25, -0.2) is 0 Å². The predicted molar refractivity (Wildman–Crippen MR) is 69.0 cm³/mol. The summed E-state index contributed by atoms with van der Waals surface area (Å²) < 4.78 is 5.55. The summed E-state index contributed by atoms with van der Waals surface area (Å²) in [4.78, 5) is 2.50. The second-order valence-electron chi connectivity index (χ2n) is 6.56. The van der Waals surface area contributed by atoms with Gasteiger partial charge < -0.3 is 9.84 Å². The standard InChI is InChI=1S/C14H27NO2/c1-11-4-5-13(16)12(8-11)9-15-6-7-17-10-14(15,2)3/h11-13,16H,4-10H2,1-3H3. The lowest BCUT2D eigenvalue weighted by atomic mass is 9.79. The molecule has 0 aromatic rings. The third-order valence-corrected chi connectivity index (χ3v) is 4.48. The molecule has 0 aromatic heterocycles. The number of hydrogen-bond donors (Lipinski definition) is 1. The van der Waals surface area contributed by atoms with Crippen LogP contribution in [0, 0.1) is 11.8 Å². The molecule has 17 heavy (non-hydrogen) atoms. The Morgan fingerprint density at radius 1 is 1.35 bits per heavy atom. The minimum atomic E-state index is -0.0927. The Labute approximate surface area is 105 Å². The third kappa shape index (κ3) is 3.21. The van der Waals surface area contributed by atoms with Crippen LogP contribution in [-0.4, -0.2) is 48.0 Å². The number of aliphatic hydroxyl groups excluding tert-OH is 1. The van der Waals surface area contributed by atoms with E-state index in [1.807, 2.05) is 0 Å². The van der Waals surface area contributed by atoms with E-state index in [4.69, 9.17) is 4.74 Å². The van der Waals surface area contributed by atoms with E-state index in [0.717, 1.165) is 38.6 Å².